The van der Waals surface area contributed by atoms with Crippen LogP contribution in [0.2, 0.25) is 0 Å². The molecule has 4 rings (SSSR count). The molecule has 3 aromatic rings. The highest BCUT2D eigenvalue weighted by atomic mass is 19.1. The Balaban J connectivity index is 1.66. The number of fused-ring (bicyclic) bond motifs is 1. The molecule has 0 bridgehead atoms. The number of halogens is 1. The van der Waals surface area contributed by atoms with Gasteiger partial charge in [0.25, 0.3) is 0 Å². The fourth-order valence-corrected chi connectivity index (χ4v) is 4.29. The van der Waals surface area contributed by atoms with Crippen molar-refractivity contribution in [3.63, 3.8) is 0 Å². The molecule has 0 aliphatic carbocycles. The van der Waals surface area contributed by atoms with Crippen LogP contribution in [0.25, 0.3) is 15.7 Å². The second kappa shape index (κ2) is 9.41. The molecule has 10 heteroatoms. The average Bonchev–Trinajstić information content (AvgIpc) is 3.16. The van der Waals surface area contributed by atoms with E-state index in [0.717, 1.165) is 5.56 Å². The third kappa shape index (κ3) is 4.85. The average molecular weight is 481 g/mol. The third-order valence-corrected chi connectivity index (χ3v) is 6.01. The van der Waals surface area contributed by atoms with Crippen LogP contribution >= 0.6 is 0 Å². The summed E-state index contributed by atoms with van der Waals surface area (Å²) in [7, 11) is 0. The summed E-state index contributed by atoms with van der Waals surface area (Å²) >= 11 is 0. The first kappa shape index (κ1) is 24.3. The molecule has 1 fully saturated rings. The fourth-order valence-electron chi connectivity index (χ4n) is 4.29. The number of aromatic nitrogens is 3. The Morgan fingerprint density at radius 3 is 2.71 bits per heavy atom. The molecular formula is C25H29FN6O3. The van der Waals surface area contributed by atoms with E-state index in [0.29, 0.717) is 10.9 Å². The Hall–Kier alpha value is -3.87. The van der Waals surface area contributed by atoms with Crippen LogP contribution in [0.5, 0.6) is 5.88 Å². The zero-order valence-corrected chi connectivity index (χ0v) is 20.1. The van der Waals surface area contributed by atoms with E-state index in [1.807, 2.05) is 30.3 Å². The second-order valence-corrected chi connectivity index (χ2v) is 9.65. The SMILES string of the molecule is [C-]#[N+]C[C@@]1(n2nc(N)c3c(OCc4ccccc4)nccc32)CCN(C(=O)OC(C)(C)C)C[C@H]1F. The highest BCUT2D eigenvalue weighted by molar-refractivity contribution is 5.93. The van der Waals surface area contributed by atoms with E-state index >= 15 is 4.39 Å². The lowest BCUT2D eigenvalue weighted by molar-refractivity contribution is -0.0132. The molecule has 1 saturated heterocycles. The largest absolute Gasteiger partial charge is 0.472 e. The van der Waals surface area contributed by atoms with Gasteiger partial charge in [0.05, 0.1) is 12.1 Å². The van der Waals surface area contributed by atoms with Gasteiger partial charge in [-0.2, -0.15) is 5.10 Å². The normalized spacial score (nSPS) is 20.4. The molecule has 184 valence electrons. The van der Waals surface area contributed by atoms with Gasteiger partial charge in [-0.3, -0.25) is 0 Å². The van der Waals surface area contributed by atoms with Crippen molar-refractivity contribution in [2.75, 3.05) is 25.4 Å². The number of hydrogen-bond acceptors (Lipinski definition) is 6. The molecule has 9 nitrogen and oxygen atoms in total. The predicted molar refractivity (Wildman–Crippen MR) is 129 cm³/mol. The molecule has 1 amide bonds. The van der Waals surface area contributed by atoms with Crippen LogP contribution in [-0.4, -0.2) is 57.2 Å². The first-order valence-electron chi connectivity index (χ1n) is 11.4. The minimum absolute atomic E-state index is 0.141. The summed E-state index contributed by atoms with van der Waals surface area (Å²) in [6.07, 6.45) is -0.423. The van der Waals surface area contributed by atoms with Crippen LogP contribution in [-0.2, 0) is 16.9 Å². The molecular weight excluding hydrogens is 451 g/mol. The van der Waals surface area contributed by atoms with E-state index in [1.54, 1.807) is 33.0 Å². The maximum atomic E-state index is 15.9. The summed E-state index contributed by atoms with van der Waals surface area (Å²) in [5, 5.41) is 4.92. The summed E-state index contributed by atoms with van der Waals surface area (Å²) in [6.45, 7) is 12.9. The third-order valence-electron chi connectivity index (χ3n) is 6.01. The molecule has 2 N–H and O–H groups in total. The molecule has 35 heavy (non-hydrogen) atoms. The fraction of sp³-hybridized carbons (Fsp3) is 0.440. The van der Waals surface area contributed by atoms with Crippen molar-refractivity contribution in [3.05, 3.63) is 59.6 Å². The van der Waals surface area contributed by atoms with Crippen molar-refractivity contribution in [1.29, 1.82) is 0 Å². The Morgan fingerprint density at radius 1 is 1.31 bits per heavy atom. The number of hydrogen-bond donors (Lipinski definition) is 1. The van der Waals surface area contributed by atoms with Crippen molar-refractivity contribution in [2.24, 2.45) is 0 Å². The molecule has 0 saturated carbocycles. The standard InChI is InChI=1S/C25H29FN6O3/c1-24(2,3)35-23(33)31-13-11-25(16-28-4,19(26)14-31)32-18-10-12-29-22(20(18)21(27)30-32)34-15-17-8-6-5-7-9-17/h5-10,12,19H,11,13-16H2,1-3H3,(H2,27,30)/t19-,25+/m1/s1. The van der Waals surface area contributed by atoms with Gasteiger partial charge in [0.2, 0.25) is 12.4 Å². The van der Waals surface area contributed by atoms with Gasteiger partial charge in [0.15, 0.2) is 17.5 Å². The number of carbonyl (C=O) groups is 1. The highest BCUT2D eigenvalue weighted by Crippen LogP contribution is 2.39. The Morgan fingerprint density at radius 2 is 2.06 bits per heavy atom. The van der Waals surface area contributed by atoms with Crippen LogP contribution < -0.4 is 10.5 Å². The molecule has 2 atom stereocenters. The van der Waals surface area contributed by atoms with Gasteiger partial charge in [0, 0.05) is 19.2 Å². The quantitative estimate of drug-likeness (QED) is 0.550. The molecule has 2 aromatic heterocycles. The van der Waals surface area contributed by atoms with Gasteiger partial charge in [-0.15, -0.1) is 0 Å². The first-order valence-corrected chi connectivity index (χ1v) is 11.4. The number of pyridine rings is 1. The van der Waals surface area contributed by atoms with E-state index in [9.17, 15) is 4.79 Å². The molecule has 0 unspecified atom stereocenters. The lowest BCUT2D eigenvalue weighted by atomic mass is 9.85. The summed E-state index contributed by atoms with van der Waals surface area (Å²) in [4.78, 5) is 21.7. The molecule has 0 spiro atoms. The van der Waals surface area contributed by atoms with Crippen LogP contribution in [0.15, 0.2) is 42.6 Å². The zero-order valence-electron chi connectivity index (χ0n) is 20.1. The van der Waals surface area contributed by atoms with Gasteiger partial charge in [-0.05, 0) is 32.4 Å². The van der Waals surface area contributed by atoms with E-state index < -0.39 is 23.4 Å². The van der Waals surface area contributed by atoms with Gasteiger partial charge < -0.3 is 25.0 Å². The minimum atomic E-state index is -1.57. The van der Waals surface area contributed by atoms with Crippen molar-refractivity contribution >= 4 is 22.8 Å². The van der Waals surface area contributed by atoms with Crippen molar-refractivity contribution < 1.29 is 18.7 Å². The van der Waals surface area contributed by atoms with Gasteiger partial charge >= 0.3 is 6.09 Å². The number of nitrogen functional groups attached to an aromatic ring is 1. The molecule has 1 aromatic carbocycles. The number of nitrogens with zero attached hydrogens (tertiary/aromatic N) is 5. The number of ether oxygens (including phenoxy) is 2. The minimum Gasteiger partial charge on any atom is -0.472 e. The number of piperidine rings is 1. The number of amides is 1. The first-order chi connectivity index (χ1) is 16.6. The Bertz CT molecular complexity index is 1250. The van der Waals surface area contributed by atoms with E-state index in [-0.39, 0.29) is 44.4 Å². The van der Waals surface area contributed by atoms with E-state index in [4.69, 9.17) is 21.8 Å². The molecule has 1 aliphatic rings. The maximum Gasteiger partial charge on any atom is 0.410 e. The number of anilines is 1. The lowest BCUT2D eigenvalue weighted by Crippen LogP contribution is -2.58. The monoisotopic (exact) mass is 480 g/mol. The van der Waals surface area contributed by atoms with Gasteiger partial charge in [-0.25, -0.2) is 25.4 Å². The number of nitrogens with two attached hydrogens (primary N) is 1. The van der Waals surface area contributed by atoms with Crippen molar-refractivity contribution in [2.45, 2.75) is 51.1 Å². The molecule has 3 heterocycles. The van der Waals surface area contributed by atoms with Crippen LogP contribution in [0.3, 0.4) is 0 Å². The Kier molecular flexibility index (Phi) is 6.52. The summed E-state index contributed by atoms with van der Waals surface area (Å²) in [6, 6.07) is 11.3. The maximum absolute atomic E-state index is 15.9. The molecule has 0 radical (unpaired) electrons. The van der Waals surface area contributed by atoms with Gasteiger partial charge in [-0.1, -0.05) is 30.3 Å². The highest BCUT2D eigenvalue weighted by Gasteiger charge is 2.51. The van der Waals surface area contributed by atoms with Crippen LogP contribution in [0.4, 0.5) is 15.0 Å². The summed E-state index contributed by atoms with van der Waals surface area (Å²) in [5.41, 5.74) is 5.76. The number of alkyl halides is 1. The van der Waals surface area contributed by atoms with Crippen molar-refractivity contribution in [3.8, 4) is 5.88 Å². The lowest BCUT2D eigenvalue weighted by Gasteiger charge is -2.41. The number of benzene rings is 1. The Labute approximate surface area is 203 Å². The smallest absolute Gasteiger partial charge is 0.410 e. The number of carbonyl (C=O) groups excluding carboxylic acids is 1. The summed E-state index contributed by atoms with van der Waals surface area (Å²) in [5.74, 6) is 0.428. The topological polar surface area (TPSA) is 99.9 Å². The van der Waals surface area contributed by atoms with Crippen molar-refractivity contribution in [1.82, 2.24) is 19.7 Å². The molecule has 1 aliphatic heterocycles. The van der Waals surface area contributed by atoms with Crippen LogP contribution in [0, 0.1) is 6.57 Å². The van der Waals surface area contributed by atoms with Gasteiger partial charge in [0.1, 0.15) is 17.6 Å². The predicted octanol–water partition coefficient (Wildman–Crippen LogP) is 4.19. The van der Waals surface area contributed by atoms with E-state index in [2.05, 4.69) is 14.9 Å². The number of likely N-dealkylation sites (tertiary alicyclic amines) is 1. The van der Waals surface area contributed by atoms with Crippen LogP contribution in [0.1, 0.15) is 32.8 Å². The van der Waals surface area contributed by atoms with E-state index in [1.165, 1.54) is 9.58 Å². The summed E-state index contributed by atoms with van der Waals surface area (Å²) < 4.78 is 28.7. The second-order valence-electron chi connectivity index (χ2n) is 9.65. The number of rotatable bonds is 5. The zero-order chi connectivity index (χ0) is 25.2.